The van der Waals surface area contributed by atoms with E-state index in [4.69, 9.17) is 16.3 Å². The van der Waals surface area contributed by atoms with Crippen molar-refractivity contribution in [1.29, 1.82) is 0 Å². The lowest BCUT2D eigenvalue weighted by Crippen LogP contribution is -1.94. The van der Waals surface area contributed by atoms with Gasteiger partial charge in [-0.15, -0.1) is 11.6 Å². The summed E-state index contributed by atoms with van der Waals surface area (Å²) in [5.74, 6) is 0.759. The van der Waals surface area contributed by atoms with E-state index in [1.165, 1.54) is 7.11 Å². The molecule has 0 aliphatic carbocycles. The standard InChI is InChI=1S/C8H8ClNO2/c1-12-8-3-6(4-9)2-7(5-11)10-8/h2-3,5H,4H2,1H3. The molecule has 12 heavy (non-hydrogen) atoms. The van der Waals surface area contributed by atoms with E-state index in [2.05, 4.69) is 4.98 Å². The molecule has 4 heteroatoms. The van der Waals surface area contributed by atoms with Crippen LogP contribution in [-0.4, -0.2) is 18.4 Å². The van der Waals surface area contributed by atoms with Gasteiger partial charge in [-0.05, 0) is 11.6 Å². The van der Waals surface area contributed by atoms with Crippen LogP contribution in [0.25, 0.3) is 0 Å². The molecule has 0 aliphatic heterocycles. The summed E-state index contributed by atoms with van der Waals surface area (Å²) in [5.41, 5.74) is 1.16. The molecular formula is C8H8ClNO2. The summed E-state index contributed by atoms with van der Waals surface area (Å²) in [6, 6.07) is 3.32. The van der Waals surface area contributed by atoms with E-state index < -0.39 is 0 Å². The van der Waals surface area contributed by atoms with E-state index in [9.17, 15) is 4.79 Å². The molecule has 0 spiro atoms. The van der Waals surface area contributed by atoms with Gasteiger partial charge in [-0.1, -0.05) is 0 Å². The number of carbonyl (C=O) groups excluding carboxylic acids is 1. The number of halogens is 1. The molecule has 0 saturated heterocycles. The zero-order chi connectivity index (χ0) is 8.97. The Morgan fingerprint density at radius 1 is 1.67 bits per heavy atom. The maximum absolute atomic E-state index is 10.4. The monoisotopic (exact) mass is 185 g/mol. The van der Waals surface area contributed by atoms with Gasteiger partial charge in [0.15, 0.2) is 6.29 Å². The van der Waals surface area contributed by atoms with Gasteiger partial charge in [0.2, 0.25) is 5.88 Å². The zero-order valence-electron chi connectivity index (χ0n) is 6.58. The second-order valence-electron chi connectivity index (χ2n) is 2.19. The molecule has 64 valence electrons. The topological polar surface area (TPSA) is 39.2 Å². The van der Waals surface area contributed by atoms with Crippen molar-refractivity contribution < 1.29 is 9.53 Å². The molecule has 0 unspecified atom stereocenters. The van der Waals surface area contributed by atoms with Crippen LogP contribution in [0.15, 0.2) is 12.1 Å². The minimum Gasteiger partial charge on any atom is -0.481 e. The van der Waals surface area contributed by atoms with Gasteiger partial charge < -0.3 is 4.74 Å². The predicted molar refractivity (Wildman–Crippen MR) is 45.7 cm³/mol. The number of pyridine rings is 1. The molecule has 0 aromatic carbocycles. The quantitative estimate of drug-likeness (QED) is 0.531. The van der Waals surface area contributed by atoms with E-state index in [0.717, 1.165) is 5.56 Å². The van der Waals surface area contributed by atoms with Gasteiger partial charge in [0.05, 0.1) is 7.11 Å². The number of hydrogen-bond acceptors (Lipinski definition) is 3. The lowest BCUT2D eigenvalue weighted by Gasteiger charge is -2.01. The van der Waals surface area contributed by atoms with E-state index in [1.807, 2.05) is 0 Å². The maximum atomic E-state index is 10.4. The Kier molecular flexibility index (Phi) is 3.05. The first-order valence-corrected chi connectivity index (χ1v) is 3.89. The Bertz CT molecular complexity index is 266. The minimum absolute atomic E-state index is 0.338. The molecule has 3 nitrogen and oxygen atoms in total. The molecule has 1 aromatic rings. The fourth-order valence-electron chi connectivity index (χ4n) is 0.824. The van der Waals surface area contributed by atoms with Crippen LogP contribution in [0.2, 0.25) is 0 Å². The Labute approximate surface area is 75.3 Å². The van der Waals surface area contributed by atoms with Crippen molar-refractivity contribution in [2.75, 3.05) is 7.11 Å². The number of hydrogen-bond donors (Lipinski definition) is 0. The molecular weight excluding hydrogens is 178 g/mol. The lowest BCUT2D eigenvalue weighted by atomic mass is 10.2. The van der Waals surface area contributed by atoms with Crippen LogP contribution in [0.3, 0.4) is 0 Å². The van der Waals surface area contributed by atoms with E-state index in [1.54, 1.807) is 12.1 Å². The second kappa shape index (κ2) is 4.07. The third-order valence-electron chi connectivity index (χ3n) is 1.37. The highest BCUT2D eigenvalue weighted by Crippen LogP contribution is 2.12. The van der Waals surface area contributed by atoms with Crippen LogP contribution in [0.5, 0.6) is 5.88 Å². The van der Waals surface area contributed by atoms with Crippen LogP contribution in [0.1, 0.15) is 16.1 Å². The molecule has 0 fully saturated rings. The van der Waals surface area contributed by atoms with Gasteiger partial charge in [-0.3, -0.25) is 4.79 Å². The van der Waals surface area contributed by atoms with Gasteiger partial charge in [0.1, 0.15) is 5.69 Å². The highest BCUT2D eigenvalue weighted by molar-refractivity contribution is 6.17. The maximum Gasteiger partial charge on any atom is 0.213 e. The van der Waals surface area contributed by atoms with Gasteiger partial charge in [0, 0.05) is 11.9 Å². The third-order valence-corrected chi connectivity index (χ3v) is 1.67. The fourth-order valence-corrected chi connectivity index (χ4v) is 0.978. The average Bonchev–Trinajstić information content (AvgIpc) is 2.16. The summed E-state index contributed by atoms with van der Waals surface area (Å²) in [5, 5.41) is 0. The molecule has 0 aliphatic rings. The number of nitrogens with zero attached hydrogens (tertiary/aromatic N) is 1. The van der Waals surface area contributed by atoms with E-state index in [-0.39, 0.29) is 0 Å². The number of alkyl halides is 1. The molecule has 0 N–H and O–H groups in total. The molecule has 0 saturated carbocycles. The van der Waals surface area contributed by atoms with Crippen molar-refractivity contribution in [3.8, 4) is 5.88 Å². The van der Waals surface area contributed by atoms with Crippen LogP contribution in [-0.2, 0) is 5.88 Å². The highest BCUT2D eigenvalue weighted by Gasteiger charge is 2.00. The zero-order valence-corrected chi connectivity index (χ0v) is 7.34. The van der Waals surface area contributed by atoms with Gasteiger partial charge >= 0.3 is 0 Å². The predicted octanol–water partition coefficient (Wildman–Crippen LogP) is 1.64. The van der Waals surface area contributed by atoms with Gasteiger partial charge in [-0.2, -0.15) is 0 Å². The first kappa shape index (κ1) is 9.00. The average molecular weight is 186 g/mol. The summed E-state index contributed by atoms with van der Waals surface area (Å²) < 4.78 is 4.87. The van der Waals surface area contributed by atoms with Crippen molar-refractivity contribution >= 4 is 17.9 Å². The summed E-state index contributed by atoms with van der Waals surface area (Å²) >= 11 is 5.59. The molecule has 0 bridgehead atoms. The normalized spacial score (nSPS) is 9.50. The molecule has 0 atom stereocenters. The Morgan fingerprint density at radius 3 is 2.92 bits per heavy atom. The van der Waals surface area contributed by atoms with Crippen molar-refractivity contribution in [2.24, 2.45) is 0 Å². The molecule has 1 rings (SSSR count). The molecule has 0 amide bonds. The highest BCUT2D eigenvalue weighted by atomic mass is 35.5. The summed E-state index contributed by atoms with van der Waals surface area (Å²) in [6.45, 7) is 0. The number of rotatable bonds is 3. The third kappa shape index (κ3) is 1.95. The Morgan fingerprint density at radius 2 is 2.42 bits per heavy atom. The number of carbonyl (C=O) groups is 1. The molecule has 1 heterocycles. The fraction of sp³-hybridized carbons (Fsp3) is 0.250. The smallest absolute Gasteiger partial charge is 0.213 e. The van der Waals surface area contributed by atoms with Gasteiger partial charge in [-0.25, -0.2) is 4.98 Å². The number of aromatic nitrogens is 1. The Hall–Kier alpha value is -1.09. The second-order valence-corrected chi connectivity index (χ2v) is 2.46. The first-order valence-electron chi connectivity index (χ1n) is 3.36. The van der Waals surface area contributed by atoms with Crippen molar-refractivity contribution in [1.82, 2.24) is 4.98 Å². The minimum atomic E-state index is 0.338. The van der Waals surface area contributed by atoms with Crippen LogP contribution in [0.4, 0.5) is 0 Å². The van der Waals surface area contributed by atoms with Crippen molar-refractivity contribution in [3.05, 3.63) is 23.4 Å². The van der Waals surface area contributed by atoms with Crippen molar-refractivity contribution in [3.63, 3.8) is 0 Å². The lowest BCUT2D eigenvalue weighted by molar-refractivity contribution is 0.111. The van der Waals surface area contributed by atoms with Crippen LogP contribution in [0, 0.1) is 0 Å². The van der Waals surface area contributed by atoms with E-state index in [0.29, 0.717) is 23.7 Å². The van der Waals surface area contributed by atoms with Crippen molar-refractivity contribution in [2.45, 2.75) is 5.88 Å². The summed E-state index contributed by atoms with van der Waals surface area (Å²) in [6.07, 6.45) is 0.665. The number of aldehydes is 1. The molecule has 1 aromatic heterocycles. The largest absolute Gasteiger partial charge is 0.481 e. The Balaban J connectivity index is 3.09. The first-order chi connectivity index (χ1) is 5.80. The summed E-state index contributed by atoms with van der Waals surface area (Å²) in [7, 11) is 1.49. The van der Waals surface area contributed by atoms with E-state index >= 15 is 0 Å². The van der Waals surface area contributed by atoms with Crippen LogP contribution >= 0.6 is 11.6 Å². The SMILES string of the molecule is COc1cc(CCl)cc(C=O)n1. The summed E-state index contributed by atoms with van der Waals surface area (Å²) in [4.78, 5) is 14.3. The number of ether oxygens (including phenoxy) is 1. The molecule has 0 radical (unpaired) electrons. The van der Waals surface area contributed by atoms with Crippen LogP contribution < -0.4 is 4.74 Å². The van der Waals surface area contributed by atoms with Gasteiger partial charge in [0.25, 0.3) is 0 Å². The number of methoxy groups -OCH3 is 1.